The predicted molar refractivity (Wildman–Crippen MR) is 87.4 cm³/mol. The van der Waals surface area contributed by atoms with Crippen molar-refractivity contribution < 1.29 is 14.3 Å². The molecule has 2 N–H and O–H groups in total. The molecule has 1 aromatic heterocycles. The molecule has 23 heavy (non-hydrogen) atoms. The number of aromatic nitrogens is 1. The zero-order valence-corrected chi connectivity index (χ0v) is 12.4. The van der Waals surface area contributed by atoms with E-state index in [2.05, 4.69) is 0 Å². The molecule has 1 amide bonds. The highest BCUT2D eigenvalue weighted by atomic mass is 16.5. The van der Waals surface area contributed by atoms with Crippen molar-refractivity contribution in [1.29, 1.82) is 0 Å². The Balaban J connectivity index is 1.83. The van der Waals surface area contributed by atoms with Crippen LogP contribution in [0.5, 0.6) is 5.75 Å². The van der Waals surface area contributed by atoms with E-state index < -0.39 is 11.7 Å². The van der Waals surface area contributed by atoms with E-state index in [1.165, 1.54) is 0 Å². The van der Waals surface area contributed by atoms with E-state index in [0.29, 0.717) is 18.7 Å². The van der Waals surface area contributed by atoms with Crippen LogP contribution < -0.4 is 10.5 Å². The van der Waals surface area contributed by atoms with Crippen LogP contribution in [0.4, 0.5) is 0 Å². The minimum absolute atomic E-state index is 0.327. The fourth-order valence-electron chi connectivity index (χ4n) is 2.52. The maximum absolute atomic E-state index is 11.9. The van der Waals surface area contributed by atoms with Gasteiger partial charge in [0.15, 0.2) is 0 Å². The summed E-state index contributed by atoms with van der Waals surface area (Å²) in [7, 11) is 0. The maximum Gasteiger partial charge on any atom is 0.289 e. The normalized spacial score (nSPS) is 10.6. The molecule has 0 saturated carbocycles. The van der Waals surface area contributed by atoms with Crippen molar-refractivity contribution in [2.75, 3.05) is 6.61 Å². The molecular formula is C18H16N2O3. The van der Waals surface area contributed by atoms with E-state index >= 15 is 0 Å². The third-order valence-corrected chi connectivity index (χ3v) is 3.60. The van der Waals surface area contributed by atoms with E-state index in [-0.39, 0.29) is 0 Å². The molecule has 0 radical (unpaired) electrons. The zero-order chi connectivity index (χ0) is 16.2. The second-order valence-corrected chi connectivity index (χ2v) is 5.11. The number of carbonyl (C=O) groups is 2. The summed E-state index contributed by atoms with van der Waals surface area (Å²) in [5.74, 6) is -0.838. The van der Waals surface area contributed by atoms with Gasteiger partial charge in [-0.1, -0.05) is 36.4 Å². The third-order valence-electron chi connectivity index (χ3n) is 3.60. The highest BCUT2D eigenvalue weighted by Crippen LogP contribution is 2.22. The molecule has 0 saturated heterocycles. The zero-order valence-electron chi connectivity index (χ0n) is 12.4. The van der Waals surface area contributed by atoms with E-state index in [1.807, 2.05) is 53.1 Å². The summed E-state index contributed by atoms with van der Waals surface area (Å²) in [6.07, 6.45) is 1.66. The van der Waals surface area contributed by atoms with Crippen molar-refractivity contribution in [2.24, 2.45) is 5.73 Å². The van der Waals surface area contributed by atoms with Gasteiger partial charge in [-0.05, 0) is 18.2 Å². The average Bonchev–Trinajstić information content (AvgIpc) is 2.94. The van der Waals surface area contributed by atoms with Crippen LogP contribution in [0, 0.1) is 0 Å². The summed E-state index contributed by atoms with van der Waals surface area (Å²) in [6.45, 7) is 1.01. The Morgan fingerprint density at radius 2 is 1.70 bits per heavy atom. The number of carbonyl (C=O) groups excluding carboxylic acids is 2. The number of primary amides is 1. The molecule has 3 aromatic rings. The van der Waals surface area contributed by atoms with Gasteiger partial charge in [0, 0.05) is 17.1 Å². The fraction of sp³-hybridized carbons (Fsp3) is 0.111. The van der Waals surface area contributed by atoms with Gasteiger partial charge in [-0.15, -0.1) is 0 Å². The van der Waals surface area contributed by atoms with Crippen molar-refractivity contribution in [2.45, 2.75) is 6.54 Å². The lowest BCUT2D eigenvalue weighted by Gasteiger charge is -2.08. The molecule has 0 spiro atoms. The minimum atomic E-state index is -0.951. The maximum atomic E-state index is 11.9. The molecule has 5 heteroatoms. The number of nitrogens with zero attached hydrogens (tertiary/aromatic N) is 1. The molecule has 1 heterocycles. The van der Waals surface area contributed by atoms with Crippen LogP contribution in [-0.4, -0.2) is 22.9 Å². The molecule has 3 rings (SSSR count). The van der Waals surface area contributed by atoms with Crippen LogP contribution in [0.3, 0.4) is 0 Å². The van der Waals surface area contributed by atoms with E-state index in [0.717, 1.165) is 16.7 Å². The van der Waals surface area contributed by atoms with Crippen LogP contribution in [0.1, 0.15) is 10.4 Å². The lowest BCUT2D eigenvalue weighted by molar-refractivity contribution is -0.114. The van der Waals surface area contributed by atoms with Crippen LogP contribution in [0.2, 0.25) is 0 Å². The molecule has 0 aliphatic rings. The van der Waals surface area contributed by atoms with Crippen molar-refractivity contribution in [1.82, 2.24) is 4.57 Å². The van der Waals surface area contributed by atoms with E-state index in [1.54, 1.807) is 12.3 Å². The number of rotatable bonds is 6. The molecule has 0 atom stereocenters. The average molecular weight is 308 g/mol. The molecule has 5 nitrogen and oxygen atoms in total. The highest BCUT2D eigenvalue weighted by Gasteiger charge is 2.18. The number of hydrogen-bond acceptors (Lipinski definition) is 3. The standard InChI is InChI=1S/C18H16N2O3/c19-18(22)17(21)15-12-20(16-9-5-4-8-14(15)16)10-11-23-13-6-2-1-3-7-13/h1-9,12H,10-11H2,(H2,19,22). The number of benzene rings is 2. The van der Waals surface area contributed by atoms with Crippen LogP contribution in [0.25, 0.3) is 10.9 Å². The second kappa shape index (κ2) is 6.36. The van der Waals surface area contributed by atoms with Crippen LogP contribution >= 0.6 is 0 Å². The summed E-state index contributed by atoms with van der Waals surface area (Å²) < 4.78 is 7.58. The van der Waals surface area contributed by atoms with Gasteiger partial charge in [0.2, 0.25) is 0 Å². The van der Waals surface area contributed by atoms with Gasteiger partial charge in [-0.25, -0.2) is 0 Å². The van der Waals surface area contributed by atoms with Crippen molar-refractivity contribution in [3.8, 4) is 5.75 Å². The van der Waals surface area contributed by atoms with Gasteiger partial charge in [0.1, 0.15) is 12.4 Å². The third kappa shape index (κ3) is 3.08. The largest absolute Gasteiger partial charge is 0.492 e. The van der Waals surface area contributed by atoms with Crippen molar-refractivity contribution in [3.05, 3.63) is 66.4 Å². The Kier molecular flexibility index (Phi) is 4.10. The smallest absolute Gasteiger partial charge is 0.289 e. The molecule has 0 unspecified atom stereocenters. The number of para-hydroxylation sites is 2. The quantitative estimate of drug-likeness (QED) is 0.561. The molecule has 0 aliphatic carbocycles. The SMILES string of the molecule is NC(=O)C(=O)c1cn(CCOc2ccccc2)c2ccccc12. The first-order chi connectivity index (χ1) is 11.2. The minimum Gasteiger partial charge on any atom is -0.492 e. The Bertz CT molecular complexity index is 853. The second-order valence-electron chi connectivity index (χ2n) is 5.11. The van der Waals surface area contributed by atoms with E-state index in [4.69, 9.17) is 10.5 Å². The van der Waals surface area contributed by atoms with Crippen LogP contribution in [0.15, 0.2) is 60.8 Å². The summed E-state index contributed by atoms with van der Waals surface area (Å²) in [5.41, 5.74) is 6.32. The van der Waals surface area contributed by atoms with Gasteiger partial charge in [-0.2, -0.15) is 0 Å². The molecule has 0 fully saturated rings. The van der Waals surface area contributed by atoms with Crippen molar-refractivity contribution >= 4 is 22.6 Å². The highest BCUT2D eigenvalue weighted by molar-refractivity contribution is 6.44. The molecule has 0 aliphatic heterocycles. The van der Waals surface area contributed by atoms with Gasteiger partial charge >= 0.3 is 0 Å². The van der Waals surface area contributed by atoms with Crippen LogP contribution in [-0.2, 0) is 11.3 Å². The topological polar surface area (TPSA) is 74.3 Å². The molecule has 0 bridgehead atoms. The summed E-state index contributed by atoms with van der Waals surface area (Å²) >= 11 is 0. The number of amides is 1. The van der Waals surface area contributed by atoms with Gasteiger partial charge < -0.3 is 15.0 Å². The Hall–Kier alpha value is -3.08. The monoisotopic (exact) mass is 308 g/mol. The summed E-state index contributed by atoms with van der Waals surface area (Å²) in [6, 6.07) is 16.9. The first kappa shape index (κ1) is 14.8. The molecular weight excluding hydrogens is 292 g/mol. The van der Waals surface area contributed by atoms with E-state index in [9.17, 15) is 9.59 Å². The number of ether oxygens (including phenoxy) is 1. The number of Topliss-reactive ketones (excluding diaryl/α,β-unsaturated/α-hetero) is 1. The lowest BCUT2D eigenvalue weighted by Crippen LogP contribution is -2.22. The first-order valence-corrected chi connectivity index (χ1v) is 7.26. The number of ketones is 1. The predicted octanol–water partition coefficient (Wildman–Crippen LogP) is 2.39. The number of nitrogens with two attached hydrogens (primary N) is 1. The molecule has 116 valence electrons. The fourth-order valence-corrected chi connectivity index (χ4v) is 2.52. The molecule has 2 aromatic carbocycles. The number of hydrogen-bond donors (Lipinski definition) is 1. The lowest BCUT2D eigenvalue weighted by atomic mass is 10.1. The van der Waals surface area contributed by atoms with Gasteiger partial charge in [0.05, 0.1) is 12.1 Å². The van der Waals surface area contributed by atoms with Gasteiger partial charge in [-0.3, -0.25) is 9.59 Å². The summed E-state index contributed by atoms with van der Waals surface area (Å²) in [5, 5.41) is 0.719. The Labute approximate surface area is 133 Å². The van der Waals surface area contributed by atoms with Crippen molar-refractivity contribution in [3.63, 3.8) is 0 Å². The first-order valence-electron chi connectivity index (χ1n) is 7.26. The number of fused-ring (bicyclic) bond motifs is 1. The van der Waals surface area contributed by atoms with Gasteiger partial charge in [0.25, 0.3) is 11.7 Å². The summed E-state index contributed by atoms with van der Waals surface area (Å²) in [4.78, 5) is 23.1. The Morgan fingerprint density at radius 3 is 2.43 bits per heavy atom. The Morgan fingerprint density at radius 1 is 1.00 bits per heavy atom.